The molecule has 0 bridgehead atoms. The van der Waals surface area contributed by atoms with Crippen molar-refractivity contribution in [3.8, 4) is 0 Å². The Hall–Kier alpha value is -1.54. The van der Waals surface area contributed by atoms with Gasteiger partial charge in [0.2, 0.25) is 5.91 Å². The lowest BCUT2D eigenvalue weighted by Crippen LogP contribution is -2.45. The number of aliphatic hydroxyl groups is 1. The average molecular weight is 879 g/mol. The molecule has 8 nitrogen and oxygen atoms in total. The Balaban J connectivity index is 4.07. The second-order valence-corrected chi connectivity index (χ2v) is 19.9. The normalized spacial score (nSPS) is 14.5. The summed E-state index contributed by atoms with van der Waals surface area (Å²) in [4.78, 5) is 25.3. The number of phosphoric acid groups is 1. The minimum absolute atomic E-state index is 0.00666. The van der Waals surface area contributed by atoms with Crippen LogP contribution >= 0.6 is 7.82 Å². The second-order valence-electron chi connectivity index (χ2n) is 18.5. The van der Waals surface area contributed by atoms with Gasteiger partial charge >= 0.3 is 0 Å². The first-order chi connectivity index (χ1) is 29.5. The quantitative estimate of drug-likeness (QED) is 0.0273. The van der Waals surface area contributed by atoms with Gasteiger partial charge in [0.15, 0.2) is 0 Å². The Morgan fingerprint density at radius 3 is 1.44 bits per heavy atom. The molecule has 0 aromatic rings. The maximum atomic E-state index is 12.9. The molecule has 0 radical (unpaired) electrons. The summed E-state index contributed by atoms with van der Waals surface area (Å²) >= 11 is 0. The lowest BCUT2D eigenvalue weighted by atomic mass is 10.0. The van der Waals surface area contributed by atoms with Crippen LogP contribution in [0.25, 0.3) is 0 Å². The molecule has 9 heteroatoms. The molecular formula is C52H99N2O6P. The highest BCUT2D eigenvalue weighted by molar-refractivity contribution is 7.45. The molecule has 0 saturated carbocycles. The van der Waals surface area contributed by atoms with Gasteiger partial charge in [-0.15, -0.1) is 0 Å². The van der Waals surface area contributed by atoms with Crippen LogP contribution in [0.3, 0.4) is 0 Å². The van der Waals surface area contributed by atoms with Crippen LogP contribution in [-0.2, 0) is 18.4 Å². The van der Waals surface area contributed by atoms with Gasteiger partial charge in [-0.3, -0.25) is 9.36 Å². The molecule has 0 aromatic heterocycles. The number of hydrogen-bond donors (Lipinski definition) is 2. The van der Waals surface area contributed by atoms with Crippen molar-refractivity contribution < 1.29 is 32.9 Å². The van der Waals surface area contributed by atoms with Crippen LogP contribution in [0.5, 0.6) is 0 Å². The monoisotopic (exact) mass is 879 g/mol. The Bertz CT molecular complexity index is 1130. The van der Waals surface area contributed by atoms with Gasteiger partial charge in [-0.25, -0.2) is 0 Å². The zero-order chi connectivity index (χ0) is 45.0. The number of aliphatic hydroxyl groups excluding tert-OH is 1. The van der Waals surface area contributed by atoms with E-state index < -0.39 is 26.6 Å². The lowest BCUT2D eigenvalue weighted by Gasteiger charge is -2.29. The highest BCUT2D eigenvalue weighted by atomic mass is 31.2. The van der Waals surface area contributed by atoms with E-state index in [9.17, 15) is 19.4 Å². The molecule has 0 rings (SSSR count). The number of nitrogens with zero attached hydrogens (tertiary/aromatic N) is 1. The van der Waals surface area contributed by atoms with Crippen molar-refractivity contribution in [2.75, 3.05) is 40.9 Å². The molecule has 1 amide bonds. The van der Waals surface area contributed by atoms with E-state index in [-0.39, 0.29) is 12.5 Å². The standard InChI is InChI=1S/C52H99N2O6P/c1-6-8-10-12-14-16-18-19-20-21-22-23-24-25-26-27-28-29-30-31-32-33-34-35-36-38-40-42-44-46-52(56)53-50(49-60-61(57,58)59-48-47-54(3,4)5)51(55)45-43-41-39-37-17-15-13-11-9-7-2/h17-19,21-22,37,43,45,50-51,55H,6-16,20,23-36,38-42,44,46-49H2,1-5H3,(H-,53,56,57,58)/b19-18-,22-21-,37-17+,45-43+. The van der Waals surface area contributed by atoms with Crippen LogP contribution in [0.2, 0.25) is 0 Å². The minimum atomic E-state index is -4.59. The molecule has 0 spiro atoms. The summed E-state index contributed by atoms with van der Waals surface area (Å²) in [6.45, 7) is 4.58. The Kier molecular flexibility index (Phi) is 42.6. The number of hydrogen-bond acceptors (Lipinski definition) is 6. The molecule has 0 aromatic carbocycles. The van der Waals surface area contributed by atoms with Gasteiger partial charge < -0.3 is 28.8 Å². The third kappa shape index (κ3) is 46.3. The van der Waals surface area contributed by atoms with E-state index in [1.54, 1.807) is 6.08 Å². The summed E-state index contributed by atoms with van der Waals surface area (Å²) in [7, 11) is 1.24. The first kappa shape index (κ1) is 59.5. The third-order valence-corrected chi connectivity index (χ3v) is 12.2. The Morgan fingerprint density at radius 2 is 0.967 bits per heavy atom. The number of nitrogens with one attached hydrogen (secondary N) is 1. The zero-order valence-corrected chi connectivity index (χ0v) is 41.5. The number of likely N-dealkylation sites (N-methyl/N-ethyl adjacent to an activating group) is 1. The highest BCUT2D eigenvalue weighted by Crippen LogP contribution is 2.38. The second kappa shape index (κ2) is 43.7. The first-order valence-corrected chi connectivity index (χ1v) is 27.0. The van der Waals surface area contributed by atoms with Gasteiger partial charge in [0.25, 0.3) is 7.82 Å². The molecule has 0 aliphatic rings. The van der Waals surface area contributed by atoms with Crippen molar-refractivity contribution >= 4 is 13.7 Å². The van der Waals surface area contributed by atoms with E-state index in [1.807, 2.05) is 27.2 Å². The zero-order valence-electron chi connectivity index (χ0n) is 40.6. The van der Waals surface area contributed by atoms with Gasteiger partial charge in [0, 0.05) is 6.42 Å². The summed E-state index contributed by atoms with van der Waals surface area (Å²) in [5.74, 6) is -0.209. The summed E-state index contributed by atoms with van der Waals surface area (Å²) in [5, 5.41) is 13.7. The van der Waals surface area contributed by atoms with Crippen molar-refractivity contribution in [2.45, 2.75) is 238 Å². The highest BCUT2D eigenvalue weighted by Gasteiger charge is 2.23. The molecule has 0 fully saturated rings. The van der Waals surface area contributed by atoms with E-state index in [0.717, 1.165) is 44.9 Å². The summed E-state index contributed by atoms with van der Waals surface area (Å²) in [6, 6.07) is -0.901. The smallest absolute Gasteiger partial charge is 0.268 e. The number of amides is 1. The fraction of sp³-hybridized carbons (Fsp3) is 0.827. The lowest BCUT2D eigenvalue weighted by molar-refractivity contribution is -0.870. The average Bonchev–Trinajstić information content (AvgIpc) is 3.21. The van der Waals surface area contributed by atoms with E-state index in [1.165, 1.54) is 161 Å². The fourth-order valence-electron chi connectivity index (χ4n) is 7.20. The van der Waals surface area contributed by atoms with Crippen molar-refractivity contribution in [2.24, 2.45) is 0 Å². The van der Waals surface area contributed by atoms with Crippen molar-refractivity contribution in [3.05, 3.63) is 48.6 Å². The first-order valence-electron chi connectivity index (χ1n) is 25.5. The van der Waals surface area contributed by atoms with Crippen LogP contribution < -0.4 is 10.2 Å². The number of rotatable bonds is 46. The predicted octanol–water partition coefficient (Wildman–Crippen LogP) is 14.2. The molecule has 3 atom stereocenters. The number of allylic oxidation sites excluding steroid dienone is 7. The number of quaternary nitrogens is 1. The molecule has 61 heavy (non-hydrogen) atoms. The SMILES string of the molecule is CCCCCC/C=C/CC/C=C/C(O)C(COP(=O)([O-])OCC[N+](C)(C)C)NC(=O)CCCCCCCCCCCCCCCCCCC/C=C\C/C=C\CCCCCCC. The Labute approximate surface area is 378 Å². The van der Waals surface area contributed by atoms with Crippen LogP contribution in [-0.4, -0.2) is 68.5 Å². The summed E-state index contributed by atoms with van der Waals surface area (Å²) < 4.78 is 23.2. The van der Waals surface area contributed by atoms with Gasteiger partial charge in [0.05, 0.1) is 39.9 Å². The number of unbranched alkanes of at least 4 members (excludes halogenated alkanes) is 27. The van der Waals surface area contributed by atoms with Crippen LogP contribution in [0, 0.1) is 0 Å². The number of phosphoric ester groups is 1. The van der Waals surface area contributed by atoms with Gasteiger partial charge in [-0.1, -0.05) is 204 Å². The maximum Gasteiger partial charge on any atom is 0.268 e. The molecule has 0 saturated heterocycles. The van der Waals surface area contributed by atoms with Crippen LogP contribution in [0.1, 0.15) is 226 Å². The Morgan fingerprint density at radius 1 is 0.574 bits per heavy atom. The largest absolute Gasteiger partial charge is 0.756 e. The molecule has 0 heterocycles. The maximum absolute atomic E-state index is 12.9. The predicted molar refractivity (Wildman–Crippen MR) is 261 cm³/mol. The molecule has 0 aliphatic heterocycles. The van der Waals surface area contributed by atoms with E-state index in [2.05, 4.69) is 55.6 Å². The molecule has 2 N–H and O–H groups in total. The molecule has 0 aliphatic carbocycles. The van der Waals surface area contributed by atoms with Crippen molar-refractivity contribution in [1.29, 1.82) is 0 Å². The number of carbonyl (C=O) groups excluding carboxylic acids is 1. The number of carbonyl (C=O) groups is 1. The molecule has 358 valence electrons. The third-order valence-electron chi connectivity index (χ3n) is 11.3. The van der Waals surface area contributed by atoms with E-state index in [0.29, 0.717) is 17.4 Å². The summed E-state index contributed by atoms with van der Waals surface area (Å²) in [6.07, 6.45) is 56.2. The van der Waals surface area contributed by atoms with Crippen LogP contribution in [0.15, 0.2) is 48.6 Å². The summed E-state index contributed by atoms with van der Waals surface area (Å²) in [5.41, 5.74) is 0. The minimum Gasteiger partial charge on any atom is -0.756 e. The van der Waals surface area contributed by atoms with E-state index in [4.69, 9.17) is 9.05 Å². The van der Waals surface area contributed by atoms with E-state index >= 15 is 0 Å². The van der Waals surface area contributed by atoms with Gasteiger partial charge in [-0.2, -0.15) is 0 Å². The van der Waals surface area contributed by atoms with Crippen molar-refractivity contribution in [1.82, 2.24) is 5.32 Å². The van der Waals surface area contributed by atoms with Gasteiger partial charge in [0.1, 0.15) is 13.2 Å². The van der Waals surface area contributed by atoms with Crippen LogP contribution in [0.4, 0.5) is 0 Å². The molecular weight excluding hydrogens is 780 g/mol. The fourth-order valence-corrected chi connectivity index (χ4v) is 7.92. The topological polar surface area (TPSA) is 108 Å². The molecule has 3 unspecified atom stereocenters. The van der Waals surface area contributed by atoms with Crippen molar-refractivity contribution in [3.63, 3.8) is 0 Å². The van der Waals surface area contributed by atoms with Gasteiger partial charge in [-0.05, 0) is 64.2 Å².